The zero-order valence-electron chi connectivity index (χ0n) is 10.2. The first-order chi connectivity index (χ1) is 9.24. The predicted molar refractivity (Wildman–Crippen MR) is 76.6 cm³/mol. The minimum Gasteiger partial charge on any atom is -0.374 e. The smallest absolute Gasteiger partial charge is 0.147 e. The summed E-state index contributed by atoms with van der Waals surface area (Å²) in [6.45, 7) is 1.17. The van der Waals surface area contributed by atoms with Gasteiger partial charge in [0.05, 0.1) is 24.9 Å². The Balaban J connectivity index is 1.88. The lowest BCUT2D eigenvalue weighted by Gasteiger charge is -2.27. The van der Waals surface area contributed by atoms with E-state index in [0.29, 0.717) is 18.9 Å². The molecule has 0 fully saturated rings. The maximum absolute atomic E-state index is 13.8. The van der Waals surface area contributed by atoms with Crippen LogP contribution in [0.25, 0.3) is 0 Å². The van der Waals surface area contributed by atoms with Crippen molar-refractivity contribution in [2.75, 3.05) is 11.9 Å². The number of fused-ring (bicyclic) bond motifs is 1. The Morgan fingerprint density at radius 3 is 2.89 bits per heavy atom. The van der Waals surface area contributed by atoms with E-state index >= 15 is 0 Å². The molecule has 19 heavy (non-hydrogen) atoms. The van der Waals surface area contributed by atoms with E-state index in [1.54, 1.807) is 6.07 Å². The zero-order chi connectivity index (χ0) is 13.2. The van der Waals surface area contributed by atoms with Crippen molar-refractivity contribution in [2.24, 2.45) is 0 Å². The molecular weight excluding hydrogens is 309 g/mol. The van der Waals surface area contributed by atoms with E-state index in [9.17, 15) is 4.39 Å². The molecule has 0 aromatic heterocycles. The number of hydrogen-bond acceptors (Lipinski definition) is 2. The van der Waals surface area contributed by atoms with E-state index in [4.69, 9.17) is 4.74 Å². The molecule has 0 saturated heterocycles. The van der Waals surface area contributed by atoms with Crippen molar-refractivity contribution in [1.29, 1.82) is 0 Å². The van der Waals surface area contributed by atoms with E-state index in [1.807, 2.05) is 24.3 Å². The van der Waals surface area contributed by atoms with Gasteiger partial charge in [0, 0.05) is 4.47 Å². The molecule has 0 amide bonds. The van der Waals surface area contributed by atoms with Crippen LogP contribution in [-0.4, -0.2) is 6.61 Å². The number of benzene rings is 2. The first-order valence-corrected chi connectivity index (χ1v) is 6.90. The standard InChI is InChI=1S/C15H13BrFNO/c16-11-5-6-14(13(17)7-11)18-15-9-19-8-10-3-1-2-4-12(10)15/h1-7,15,18H,8-9H2. The Labute approximate surface area is 119 Å². The highest BCUT2D eigenvalue weighted by Gasteiger charge is 2.20. The average molecular weight is 322 g/mol. The molecule has 3 rings (SSSR count). The average Bonchev–Trinajstić information content (AvgIpc) is 2.42. The van der Waals surface area contributed by atoms with Crippen molar-refractivity contribution >= 4 is 21.6 Å². The summed E-state index contributed by atoms with van der Waals surface area (Å²) < 4.78 is 20.1. The summed E-state index contributed by atoms with van der Waals surface area (Å²) >= 11 is 3.25. The molecule has 98 valence electrons. The third-order valence-electron chi connectivity index (χ3n) is 3.23. The molecule has 2 aromatic carbocycles. The Morgan fingerprint density at radius 2 is 2.05 bits per heavy atom. The van der Waals surface area contributed by atoms with Gasteiger partial charge in [-0.3, -0.25) is 0 Å². The number of anilines is 1. The van der Waals surface area contributed by atoms with Crippen LogP contribution >= 0.6 is 15.9 Å². The number of halogens is 2. The second-order valence-electron chi connectivity index (χ2n) is 4.54. The molecule has 1 N–H and O–H groups in total. The van der Waals surface area contributed by atoms with Crippen LogP contribution in [0.15, 0.2) is 46.9 Å². The van der Waals surface area contributed by atoms with Crippen molar-refractivity contribution in [2.45, 2.75) is 12.6 Å². The number of ether oxygens (including phenoxy) is 1. The van der Waals surface area contributed by atoms with Gasteiger partial charge in [-0.25, -0.2) is 4.39 Å². The number of rotatable bonds is 2. The minimum atomic E-state index is -0.266. The SMILES string of the molecule is Fc1cc(Br)ccc1NC1COCc2ccccc21. The summed E-state index contributed by atoms with van der Waals surface area (Å²) in [5.41, 5.74) is 2.83. The van der Waals surface area contributed by atoms with Crippen LogP contribution in [-0.2, 0) is 11.3 Å². The Hall–Kier alpha value is -1.39. The van der Waals surface area contributed by atoms with Crippen molar-refractivity contribution in [1.82, 2.24) is 0 Å². The molecule has 0 aliphatic carbocycles. The number of hydrogen-bond donors (Lipinski definition) is 1. The fourth-order valence-electron chi connectivity index (χ4n) is 2.30. The summed E-state index contributed by atoms with van der Waals surface area (Å²) in [7, 11) is 0. The maximum atomic E-state index is 13.8. The highest BCUT2D eigenvalue weighted by Crippen LogP contribution is 2.29. The van der Waals surface area contributed by atoms with Gasteiger partial charge in [-0.1, -0.05) is 40.2 Å². The van der Waals surface area contributed by atoms with Crippen molar-refractivity contribution in [3.63, 3.8) is 0 Å². The molecule has 0 spiro atoms. The molecule has 1 unspecified atom stereocenters. The Kier molecular flexibility index (Phi) is 3.53. The van der Waals surface area contributed by atoms with Crippen LogP contribution in [0.5, 0.6) is 0 Å². The molecule has 1 atom stereocenters. The molecule has 1 heterocycles. The van der Waals surface area contributed by atoms with E-state index in [-0.39, 0.29) is 11.9 Å². The van der Waals surface area contributed by atoms with E-state index in [0.717, 1.165) is 10.0 Å². The highest BCUT2D eigenvalue weighted by atomic mass is 79.9. The van der Waals surface area contributed by atoms with Gasteiger partial charge in [-0.15, -0.1) is 0 Å². The lowest BCUT2D eigenvalue weighted by atomic mass is 9.99. The fraction of sp³-hybridized carbons (Fsp3) is 0.200. The van der Waals surface area contributed by atoms with Crippen LogP contribution in [0.3, 0.4) is 0 Å². The largest absolute Gasteiger partial charge is 0.374 e. The van der Waals surface area contributed by atoms with Gasteiger partial charge in [-0.05, 0) is 29.3 Å². The summed E-state index contributed by atoms with van der Waals surface area (Å²) in [6, 6.07) is 13.1. The molecule has 0 saturated carbocycles. The molecular formula is C15H13BrFNO. The molecule has 1 aliphatic rings. The lowest BCUT2D eigenvalue weighted by Crippen LogP contribution is -2.23. The molecule has 1 aliphatic heterocycles. The van der Waals surface area contributed by atoms with Gasteiger partial charge < -0.3 is 10.1 Å². The normalized spacial score (nSPS) is 17.9. The highest BCUT2D eigenvalue weighted by molar-refractivity contribution is 9.10. The number of nitrogens with one attached hydrogen (secondary N) is 1. The summed E-state index contributed by atoms with van der Waals surface area (Å²) in [4.78, 5) is 0. The van der Waals surface area contributed by atoms with Gasteiger partial charge in [0.15, 0.2) is 0 Å². The first-order valence-electron chi connectivity index (χ1n) is 6.11. The summed E-state index contributed by atoms with van der Waals surface area (Å²) in [5, 5.41) is 3.21. The van der Waals surface area contributed by atoms with Crippen LogP contribution in [0.4, 0.5) is 10.1 Å². The van der Waals surface area contributed by atoms with Crippen molar-refractivity contribution in [3.8, 4) is 0 Å². The molecule has 2 nitrogen and oxygen atoms in total. The second kappa shape index (κ2) is 5.31. The first kappa shape index (κ1) is 12.6. The molecule has 0 bridgehead atoms. The van der Waals surface area contributed by atoms with Gasteiger partial charge in [-0.2, -0.15) is 0 Å². The fourth-order valence-corrected chi connectivity index (χ4v) is 2.63. The summed E-state index contributed by atoms with van der Waals surface area (Å²) in [5.74, 6) is -0.266. The van der Waals surface area contributed by atoms with Crippen LogP contribution in [0.2, 0.25) is 0 Å². The Bertz CT molecular complexity index is 602. The van der Waals surface area contributed by atoms with Crippen LogP contribution in [0, 0.1) is 5.82 Å². The minimum absolute atomic E-state index is 0.0133. The van der Waals surface area contributed by atoms with Gasteiger partial charge in [0.25, 0.3) is 0 Å². The quantitative estimate of drug-likeness (QED) is 0.891. The molecule has 0 radical (unpaired) electrons. The third-order valence-corrected chi connectivity index (χ3v) is 3.73. The monoisotopic (exact) mass is 321 g/mol. The van der Waals surface area contributed by atoms with Gasteiger partial charge >= 0.3 is 0 Å². The van der Waals surface area contributed by atoms with Gasteiger partial charge in [0.2, 0.25) is 0 Å². The molecule has 2 aromatic rings. The lowest BCUT2D eigenvalue weighted by molar-refractivity contribution is 0.0969. The summed E-state index contributed by atoms with van der Waals surface area (Å²) in [6.07, 6.45) is 0. The van der Waals surface area contributed by atoms with Gasteiger partial charge in [0.1, 0.15) is 5.82 Å². The van der Waals surface area contributed by atoms with E-state index < -0.39 is 0 Å². The second-order valence-corrected chi connectivity index (χ2v) is 5.45. The topological polar surface area (TPSA) is 21.3 Å². The zero-order valence-corrected chi connectivity index (χ0v) is 11.8. The molecule has 4 heteroatoms. The van der Waals surface area contributed by atoms with Crippen LogP contribution < -0.4 is 5.32 Å². The Morgan fingerprint density at radius 1 is 1.21 bits per heavy atom. The van der Waals surface area contributed by atoms with Crippen LogP contribution in [0.1, 0.15) is 17.2 Å². The maximum Gasteiger partial charge on any atom is 0.147 e. The van der Waals surface area contributed by atoms with E-state index in [1.165, 1.54) is 11.6 Å². The third kappa shape index (κ3) is 2.65. The van der Waals surface area contributed by atoms with E-state index in [2.05, 4.69) is 27.3 Å². The van der Waals surface area contributed by atoms with Crippen molar-refractivity contribution < 1.29 is 9.13 Å². The van der Waals surface area contributed by atoms with Crippen molar-refractivity contribution in [3.05, 3.63) is 63.9 Å². The predicted octanol–water partition coefficient (Wildman–Crippen LogP) is 4.27.